The number of halogens is 5. The molecule has 0 amide bonds. The average Bonchev–Trinajstić information content (AvgIpc) is 2.79. The van der Waals surface area contributed by atoms with E-state index in [1.807, 2.05) is 0 Å². The van der Waals surface area contributed by atoms with E-state index in [0.717, 1.165) is 16.7 Å². The van der Waals surface area contributed by atoms with Gasteiger partial charge in [-0.2, -0.15) is 22.0 Å². The van der Waals surface area contributed by atoms with Gasteiger partial charge in [0.05, 0.1) is 0 Å². The van der Waals surface area contributed by atoms with Crippen LogP contribution in [0.3, 0.4) is 0 Å². The Bertz CT molecular complexity index is 690. The number of benzene rings is 1. The van der Waals surface area contributed by atoms with Crippen LogP contribution in [0.5, 0.6) is 0 Å². The van der Waals surface area contributed by atoms with Gasteiger partial charge in [-0.05, 0) is 6.07 Å². The average molecular weight is 326 g/mol. The zero-order valence-corrected chi connectivity index (χ0v) is 10.8. The van der Waals surface area contributed by atoms with Crippen LogP contribution in [0.2, 0.25) is 0 Å². The molecule has 0 bridgehead atoms. The summed E-state index contributed by atoms with van der Waals surface area (Å²) in [7, 11) is 0. The summed E-state index contributed by atoms with van der Waals surface area (Å²) in [6, 6.07) is 5.74. The Hall–Kier alpha value is -1.58. The fourth-order valence-electron chi connectivity index (χ4n) is 1.66. The maximum absolute atomic E-state index is 13.6. The molecule has 2 N–H and O–H groups in total. The van der Waals surface area contributed by atoms with Crippen molar-refractivity contribution < 1.29 is 37.0 Å². The molecule has 0 spiro atoms. The van der Waals surface area contributed by atoms with E-state index < -0.39 is 29.2 Å². The largest absolute Gasteiger partial charge is 0.450 e. The number of rotatable bonds is 3. The van der Waals surface area contributed by atoms with E-state index in [1.54, 1.807) is 6.07 Å². The van der Waals surface area contributed by atoms with Crippen molar-refractivity contribution in [3.05, 3.63) is 35.2 Å². The molecule has 21 heavy (non-hydrogen) atoms. The number of aliphatic hydroxyl groups is 2. The van der Waals surface area contributed by atoms with Crippen LogP contribution in [0.4, 0.5) is 22.0 Å². The summed E-state index contributed by atoms with van der Waals surface area (Å²) in [6.07, 6.45) is -6.09. The minimum atomic E-state index is -6.09. The van der Waals surface area contributed by atoms with Gasteiger partial charge >= 0.3 is 17.9 Å². The molecule has 1 aromatic carbocycles. The number of thiophene rings is 1. The number of alkyl halides is 5. The molecule has 0 aliphatic heterocycles. The highest BCUT2D eigenvalue weighted by molar-refractivity contribution is 7.17. The number of hydrogen-bond acceptors (Lipinski definition) is 4. The van der Waals surface area contributed by atoms with Crippen molar-refractivity contribution >= 4 is 27.2 Å². The molecule has 0 fully saturated rings. The van der Waals surface area contributed by atoms with E-state index in [-0.39, 0.29) is 5.39 Å². The summed E-state index contributed by atoms with van der Waals surface area (Å²) in [5.74, 6) is -13.2. The minimum Gasteiger partial charge on any atom is -0.354 e. The maximum Gasteiger partial charge on any atom is 0.450 e. The Morgan fingerprint density at radius 1 is 1.05 bits per heavy atom. The Kier molecular flexibility index (Phi) is 3.55. The molecule has 0 radical (unpaired) electrons. The second-order valence-corrected chi connectivity index (χ2v) is 5.13. The van der Waals surface area contributed by atoms with Crippen LogP contribution in [-0.2, 0) is 0 Å². The summed E-state index contributed by atoms with van der Waals surface area (Å²) in [6.45, 7) is 0. The van der Waals surface area contributed by atoms with Gasteiger partial charge in [-0.1, -0.05) is 18.2 Å². The van der Waals surface area contributed by atoms with E-state index in [9.17, 15) is 26.7 Å². The predicted octanol–water partition coefficient (Wildman–Crippen LogP) is 2.96. The molecule has 2 aromatic rings. The summed E-state index contributed by atoms with van der Waals surface area (Å²) in [4.78, 5) is 11.7. The third-order valence-corrected chi connectivity index (χ3v) is 3.81. The van der Waals surface area contributed by atoms with Crippen molar-refractivity contribution in [3.63, 3.8) is 0 Å². The van der Waals surface area contributed by atoms with E-state index in [0.29, 0.717) is 4.70 Å². The van der Waals surface area contributed by atoms with Crippen LogP contribution in [0.25, 0.3) is 10.1 Å². The lowest BCUT2D eigenvalue weighted by Crippen LogP contribution is -2.62. The number of carbonyl (C=O) groups excluding carboxylic acids is 1. The Morgan fingerprint density at radius 3 is 2.19 bits per heavy atom. The number of Topliss-reactive ketones (excluding diaryl/α,β-unsaturated/α-hetero) is 1. The molecular weight excluding hydrogens is 319 g/mol. The molecule has 0 unspecified atom stereocenters. The van der Waals surface area contributed by atoms with Gasteiger partial charge in [0.15, 0.2) is 0 Å². The second kappa shape index (κ2) is 4.72. The number of fused-ring (bicyclic) bond motifs is 1. The Labute approximate surface area is 118 Å². The number of hydrogen-bond donors (Lipinski definition) is 2. The standard InChI is InChI=1S/C12H7F5O3S/c13-10(14,11(19,20)12(15,16)17)9(18)7-5-21-8-4-2-1-3-6(7)8/h1-5,19-20H. The van der Waals surface area contributed by atoms with Gasteiger partial charge in [0, 0.05) is 21.0 Å². The molecule has 0 atom stereocenters. The molecule has 0 aliphatic rings. The van der Waals surface area contributed by atoms with Crippen molar-refractivity contribution in [1.29, 1.82) is 0 Å². The SMILES string of the molecule is O=C(c1csc2ccccc12)C(F)(F)C(O)(O)C(F)(F)F. The lowest BCUT2D eigenvalue weighted by Gasteiger charge is -2.30. The summed E-state index contributed by atoms with van der Waals surface area (Å²) < 4.78 is 64.6. The van der Waals surface area contributed by atoms with E-state index in [2.05, 4.69) is 0 Å². The fraction of sp³-hybridized carbons (Fsp3) is 0.250. The van der Waals surface area contributed by atoms with E-state index >= 15 is 0 Å². The van der Waals surface area contributed by atoms with Gasteiger partial charge in [-0.15, -0.1) is 11.3 Å². The van der Waals surface area contributed by atoms with Crippen molar-refractivity contribution in [3.8, 4) is 0 Å². The van der Waals surface area contributed by atoms with Gasteiger partial charge < -0.3 is 10.2 Å². The molecule has 0 saturated heterocycles. The third-order valence-electron chi connectivity index (χ3n) is 2.84. The second-order valence-electron chi connectivity index (χ2n) is 4.22. The molecule has 1 heterocycles. The highest BCUT2D eigenvalue weighted by Crippen LogP contribution is 2.43. The summed E-state index contributed by atoms with van der Waals surface area (Å²) in [5, 5.41) is 18.3. The van der Waals surface area contributed by atoms with Gasteiger partial charge in [0.1, 0.15) is 0 Å². The maximum atomic E-state index is 13.6. The third kappa shape index (κ3) is 2.30. The van der Waals surface area contributed by atoms with Crippen molar-refractivity contribution in [2.45, 2.75) is 17.9 Å². The van der Waals surface area contributed by atoms with Crippen molar-refractivity contribution in [1.82, 2.24) is 0 Å². The number of carbonyl (C=O) groups is 1. The van der Waals surface area contributed by atoms with Crippen LogP contribution < -0.4 is 0 Å². The molecule has 0 aliphatic carbocycles. The topological polar surface area (TPSA) is 57.5 Å². The van der Waals surface area contributed by atoms with Crippen LogP contribution >= 0.6 is 11.3 Å². The highest BCUT2D eigenvalue weighted by Gasteiger charge is 2.72. The smallest absolute Gasteiger partial charge is 0.354 e. The molecule has 2 rings (SSSR count). The first kappa shape index (κ1) is 15.8. The molecule has 0 saturated carbocycles. The number of ketones is 1. The van der Waals surface area contributed by atoms with Crippen LogP contribution in [0, 0.1) is 0 Å². The first-order valence-corrected chi connectivity index (χ1v) is 6.28. The molecule has 114 valence electrons. The van der Waals surface area contributed by atoms with E-state index in [1.165, 1.54) is 18.2 Å². The van der Waals surface area contributed by atoms with Crippen molar-refractivity contribution in [2.75, 3.05) is 0 Å². The van der Waals surface area contributed by atoms with Crippen molar-refractivity contribution in [2.24, 2.45) is 0 Å². The van der Waals surface area contributed by atoms with Gasteiger partial charge in [-0.25, -0.2) is 0 Å². The van der Waals surface area contributed by atoms with Crippen LogP contribution in [-0.4, -0.2) is 33.9 Å². The zero-order chi connectivity index (χ0) is 16.1. The van der Waals surface area contributed by atoms with Crippen LogP contribution in [0.15, 0.2) is 29.6 Å². The molecule has 3 nitrogen and oxygen atoms in total. The Balaban J connectivity index is 2.53. The van der Waals surface area contributed by atoms with Gasteiger partial charge in [-0.3, -0.25) is 4.79 Å². The Morgan fingerprint density at radius 2 is 1.62 bits per heavy atom. The molecular formula is C12H7F5O3S. The minimum absolute atomic E-state index is 0.0187. The monoisotopic (exact) mass is 326 g/mol. The summed E-state index contributed by atoms with van der Waals surface area (Å²) >= 11 is 0.878. The fourth-order valence-corrected chi connectivity index (χ4v) is 2.60. The molecule has 1 aromatic heterocycles. The lowest BCUT2D eigenvalue weighted by molar-refractivity contribution is -0.402. The predicted molar refractivity (Wildman–Crippen MR) is 64.3 cm³/mol. The first-order chi connectivity index (χ1) is 9.50. The quantitative estimate of drug-likeness (QED) is 0.518. The van der Waals surface area contributed by atoms with E-state index in [4.69, 9.17) is 10.2 Å². The van der Waals surface area contributed by atoms with Gasteiger partial charge in [0.2, 0.25) is 5.78 Å². The van der Waals surface area contributed by atoms with Crippen LogP contribution in [0.1, 0.15) is 10.4 Å². The normalized spacial score (nSPS) is 13.7. The zero-order valence-electron chi connectivity index (χ0n) is 9.99. The highest BCUT2D eigenvalue weighted by atomic mass is 32.1. The summed E-state index contributed by atoms with van der Waals surface area (Å²) in [5.41, 5.74) is -0.697. The first-order valence-electron chi connectivity index (χ1n) is 5.40. The van der Waals surface area contributed by atoms with Gasteiger partial charge in [0.25, 0.3) is 0 Å². The lowest BCUT2D eigenvalue weighted by atomic mass is 9.97. The molecule has 9 heteroatoms.